The van der Waals surface area contributed by atoms with Crippen molar-refractivity contribution in [1.82, 2.24) is 4.90 Å². The lowest BCUT2D eigenvalue weighted by atomic mass is 9.78. The first-order valence-corrected chi connectivity index (χ1v) is 20.8. The molecule has 0 bridgehead atoms. The summed E-state index contributed by atoms with van der Waals surface area (Å²) in [6.45, 7) is 9.50. The van der Waals surface area contributed by atoms with E-state index < -0.39 is 134 Å². The van der Waals surface area contributed by atoms with E-state index in [1.165, 1.54) is 47.5 Å². The number of aliphatic hydroxyl groups excluding tert-OH is 5. The molecular weight excluding hydrogens is 792 g/mol. The lowest BCUT2D eigenvalue weighted by molar-refractivity contribution is -0.307. The van der Waals surface area contributed by atoms with Gasteiger partial charge in [-0.25, -0.2) is 0 Å². The molecule has 19 atom stereocenters. The monoisotopic (exact) mass is 866 g/mol. The summed E-state index contributed by atoms with van der Waals surface area (Å²) in [5.41, 5.74) is -1.90. The molecule has 0 saturated carbocycles. The van der Waals surface area contributed by atoms with Crippen molar-refractivity contribution in [3.8, 4) is 0 Å². The summed E-state index contributed by atoms with van der Waals surface area (Å²) in [6.07, 6.45) is -12.1. The highest BCUT2D eigenvalue weighted by atomic mass is 16.7. The van der Waals surface area contributed by atoms with Gasteiger partial charge in [0.2, 0.25) is 0 Å². The Morgan fingerprint density at radius 2 is 1.50 bits per heavy atom. The zero-order valence-electron chi connectivity index (χ0n) is 37.3. The number of ether oxygens (including phenoxy) is 9. The van der Waals surface area contributed by atoms with Gasteiger partial charge in [0.1, 0.15) is 36.1 Å². The molecule has 2 saturated heterocycles. The smallest absolute Gasteiger partial charge is 0.308 e. The van der Waals surface area contributed by atoms with Gasteiger partial charge in [-0.05, 0) is 65.8 Å². The number of carbonyl (C=O) groups excluding carboxylic acids is 1. The van der Waals surface area contributed by atoms with Crippen LogP contribution in [0.4, 0.5) is 0 Å². The van der Waals surface area contributed by atoms with Crippen LogP contribution in [0.3, 0.4) is 0 Å². The van der Waals surface area contributed by atoms with Gasteiger partial charge in [0.15, 0.2) is 18.9 Å². The van der Waals surface area contributed by atoms with Crippen molar-refractivity contribution in [2.24, 2.45) is 28.8 Å². The molecule has 2 fully saturated rings. The second-order valence-corrected chi connectivity index (χ2v) is 17.0. The minimum atomic E-state index is -2.03. The Balaban J connectivity index is 2.10. The highest BCUT2D eigenvalue weighted by Crippen LogP contribution is 2.37. The van der Waals surface area contributed by atoms with Gasteiger partial charge in [0.05, 0.1) is 61.4 Å². The molecular formula is C41H74N2O17. The zero-order chi connectivity index (χ0) is 45.2. The number of nitrogens with zero attached hydrogens (tertiary/aromatic N) is 2. The van der Waals surface area contributed by atoms with Crippen LogP contribution in [0.1, 0.15) is 67.2 Å². The number of aliphatic hydroxyl groups is 6. The van der Waals surface area contributed by atoms with Crippen molar-refractivity contribution in [2.75, 3.05) is 49.1 Å². The summed E-state index contributed by atoms with van der Waals surface area (Å²) in [5, 5.41) is 82.5. The normalized spacial score (nSPS) is 44.3. The molecule has 60 heavy (non-hydrogen) atoms. The molecule has 0 aromatic carbocycles. The van der Waals surface area contributed by atoms with Crippen molar-refractivity contribution >= 4 is 11.7 Å². The number of cyclic esters (lactones) is 1. The molecule has 0 aromatic rings. The van der Waals surface area contributed by atoms with E-state index in [-0.39, 0.29) is 31.6 Å². The minimum absolute atomic E-state index is 0.124. The number of oxime groups is 1. The Bertz CT molecular complexity index is 1350. The lowest BCUT2D eigenvalue weighted by Crippen LogP contribution is -2.63. The molecule has 7 N–H and O–H groups in total. The van der Waals surface area contributed by atoms with Crippen LogP contribution in [0.5, 0.6) is 0 Å². The van der Waals surface area contributed by atoms with Gasteiger partial charge >= 0.3 is 5.97 Å². The quantitative estimate of drug-likeness (QED) is 0.0573. The van der Waals surface area contributed by atoms with Crippen molar-refractivity contribution in [3.05, 3.63) is 12.2 Å². The van der Waals surface area contributed by atoms with E-state index in [1.807, 2.05) is 0 Å². The fraction of sp³-hybridized carbons (Fsp3) is 0.902. The third-order valence-corrected chi connectivity index (χ3v) is 12.5. The number of hydrogen-bond donors (Lipinski definition) is 7. The topological polar surface area (TPSA) is 257 Å². The van der Waals surface area contributed by atoms with Crippen molar-refractivity contribution < 1.29 is 83.3 Å². The largest absolute Gasteiger partial charge is 0.462 e. The Morgan fingerprint density at radius 1 is 0.900 bits per heavy atom. The van der Waals surface area contributed by atoms with Crippen LogP contribution in [-0.2, 0) is 47.4 Å². The van der Waals surface area contributed by atoms with Crippen LogP contribution in [0, 0.1) is 23.7 Å². The van der Waals surface area contributed by atoms with E-state index in [0.717, 1.165) is 0 Å². The third kappa shape index (κ3) is 12.8. The van der Waals surface area contributed by atoms with Crippen LogP contribution in [0.2, 0.25) is 0 Å². The number of likely N-dealkylation sites (N-methyl/N-ethyl adjacent to an activating group) is 1. The first-order chi connectivity index (χ1) is 28.2. The first kappa shape index (κ1) is 52.4. The predicted octanol–water partition coefficient (Wildman–Crippen LogP) is 0.409. The van der Waals surface area contributed by atoms with Crippen LogP contribution >= 0.6 is 0 Å². The van der Waals surface area contributed by atoms with E-state index in [0.29, 0.717) is 0 Å². The van der Waals surface area contributed by atoms with Crippen molar-refractivity contribution in [3.63, 3.8) is 0 Å². The number of rotatable bonds is 13. The zero-order valence-corrected chi connectivity index (χ0v) is 37.3. The molecule has 19 nitrogen and oxygen atoms in total. The molecule has 19 heteroatoms. The number of methoxy groups -OCH3 is 4. The molecule has 0 radical (unpaired) electrons. The van der Waals surface area contributed by atoms with Crippen LogP contribution in [-0.4, -0.2) is 199 Å². The summed E-state index contributed by atoms with van der Waals surface area (Å²) < 4.78 is 53.0. The number of carbonyl (C=O) groups is 1. The van der Waals surface area contributed by atoms with Gasteiger partial charge in [0, 0.05) is 52.6 Å². The van der Waals surface area contributed by atoms with Gasteiger partial charge < -0.3 is 83.4 Å². The Kier molecular flexibility index (Phi) is 20.7. The minimum Gasteiger partial charge on any atom is -0.462 e. The average molecular weight is 867 g/mol. The maximum atomic E-state index is 13.8. The molecule has 0 spiro atoms. The number of hydrogen-bond acceptors (Lipinski definition) is 19. The molecule has 350 valence electrons. The van der Waals surface area contributed by atoms with E-state index in [2.05, 4.69) is 5.16 Å². The summed E-state index contributed by atoms with van der Waals surface area (Å²) in [6, 6.07) is -0.769. The lowest BCUT2D eigenvalue weighted by Gasteiger charge is -2.47. The second kappa shape index (κ2) is 23.7. The summed E-state index contributed by atoms with van der Waals surface area (Å²) >= 11 is 0. The van der Waals surface area contributed by atoms with E-state index in [1.54, 1.807) is 53.6 Å². The standard InChI is InChI=1S/C41H74N2O17/c1-13-28-25(19-56-40-37(55-12)36(54-11)33(47)23(5)58-40)38(49)41(6,50)15-14-26(42-51)20(2)16-24(17-30(52-9)53-10)35(21(3)27(44)18-29(45)59-28)60-39-34(48)31(43(7)8)32(46)22(4)57-39/h14-15,20-25,27-28,30-40,44,46-51H,13,16-19H2,1-12H3/b15-14+,42-26-/t20-,21+,22-,23-,24-,25?,27-,28-,31+,32-,33-,34-,35-,36-,37-,38?,39+,40-,41?/m1/s1. The molecule has 3 aliphatic heterocycles. The van der Waals surface area contributed by atoms with Gasteiger partial charge in [-0.3, -0.25) is 4.79 Å². The van der Waals surface area contributed by atoms with Gasteiger partial charge in [-0.1, -0.05) is 25.9 Å². The number of esters is 1. The van der Waals surface area contributed by atoms with Gasteiger partial charge in [-0.2, -0.15) is 0 Å². The SMILES string of the molecule is CC[C@H]1OC(=O)C[C@@H](O)[C@H](C)[C@@H](O[C@@H]2O[C@H](C)[C@@H](O)[C@H](N(C)C)[C@H]2O)[C@@H](CC(OC)OC)C[C@@H](C)C(=N\O)/C=C/C(C)(O)C(O)C1CO[C@@H]1O[C@H](C)[C@@H](O)[C@@H](OC)[C@H]1OC. The third-order valence-electron chi connectivity index (χ3n) is 12.5. The summed E-state index contributed by atoms with van der Waals surface area (Å²) in [4.78, 5) is 15.5. The average Bonchev–Trinajstić information content (AvgIpc) is 3.20. The molecule has 3 heterocycles. The first-order valence-electron chi connectivity index (χ1n) is 20.8. The maximum absolute atomic E-state index is 13.8. The fourth-order valence-electron chi connectivity index (χ4n) is 8.63. The van der Waals surface area contributed by atoms with Gasteiger partial charge in [0.25, 0.3) is 0 Å². The van der Waals surface area contributed by atoms with E-state index in [4.69, 9.17) is 42.6 Å². The molecule has 3 rings (SSSR count). The summed E-state index contributed by atoms with van der Waals surface area (Å²) in [7, 11) is 9.18. The Hall–Kier alpha value is -1.92. The Morgan fingerprint density at radius 3 is 2.05 bits per heavy atom. The predicted molar refractivity (Wildman–Crippen MR) is 215 cm³/mol. The molecule has 0 aromatic heterocycles. The number of allylic oxidation sites excluding steroid dienone is 1. The molecule has 3 aliphatic rings. The van der Waals surface area contributed by atoms with E-state index >= 15 is 0 Å². The molecule has 0 aliphatic carbocycles. The highest BCUT2D eigenvalue weighted by Gasteiger charge is 2.49. The van der Waals surface area contributed by atoms with Crippen LogP contribution < -0.4 is 0 Å². The maximum Gasteiger partial charge on any atom is 0.308 e. The van der Waals surface area contributed by atoms with E-state index in [9.17, 15) is 40.6 Å². The fourth-order valence-corrected chi connectivity index (χ4v) is 8.63. The molecule has 0 amide bonds. The molecule has 3 unspecified atom stereocenters. The summed E-state index contributed by atoms with van der Waals surface area (Å²) in [5.74, 6) is -3.92. The van der Waals surface area contributed by atoms with Crippen LogP contribution in [0.25, 0.3) is 0 Å². The highest BCUT2D eigenvalue weighted by molar-refractivity contribution is 5.96. The van der Waals surface area contributed by atoms with Crippen molar-refractivity contribution in [1.29, 1.82) is 0 Å². The Labute approximate surface area is 354 Å². The van der Waals surface area contributed by atoms with Crippen molar-refractivity contribution in [2.45, 2.75) is 165 Å². The van der Waals surface area contributed by atoms with Gasteiger partial charge in [-0.15, -0.1) is 0 Å². The van der Waals surface area contributed by atoms with Crippen LogP contribution in [0.15, 0.2) is 17.3 Å². The second-order valence-electron chi connectivity index (χ2n) is 17.0.